The molecule has 4 heteroatoms. The van der Waals surface area contributed by atoms with Gasteiger partial charge in [-0.1, -0.05) is 6.92 Å². The summed E-state index contributed by atoms with van der Waals surface area (Å²) in [5.41, 5.74) is 0.867. The molecule has 0 fully saturated rings. The average molecular weight is 258 g/mol. The first-order valence-electron chi connectivity index (χ1n) is 5.37. The summed E-state index contributed by atoms with van der Waals surface area (Å²) >= 11 is 3.29. The predicted molar refractivity (Wildman–Crippen MR) is 71.7 cm³/mol. The second-order valence-corrected chi connectivity index (χ2v) is 6.77. The van der Waals surface area contributed by atoms with Crippen LogP contribution in [0.25, 0.3) is 0 Å². The second-order valence-electron chi connectivity index (χ2n) is 3.88. The maximum absolute atomic E-state index is 11.9. The summed E-state index contributed by atoms with van der Waals surface area (Å²) in [7, 11) is 0. The molecule has 0 spiro atoms. The van der Waals surface area contributed by atoms with Crippen LogP contribution in [0.15, 0.2) is 6.07 Å². The van der Waals surface area contributed by atoms with Crippen molar-refractivity contribution in [1.29, 1.82) is 0 Å². The number of aryl methyl sites for hydroxylation is 2. The first-order valence-corrected chi connectivity index (χ1v) is 7.23. The first-order chi connectivity index (χ1) is 7.54. The minimum absolute atomic E-state index is 0.193. The molecule has 0 amide bonds. The van der Waals surface area contributed by atoms with E-state index in [0.29, 0.717) is 11.0 Å². The smallest absolute Gasteiger partial charge is 0.173 e. The standard InChI is InChI=1S/C12H18O2S2/c1-8(4-5-13)15-7-12(14)11-6-9(2)16-10(11)3/h6,8,13H,4-5,7H2,1-3H3. The van der Waals surface area contributed by atoms with Gasteiger partial charge in [0.15, 0.2) is 5.78 Å². The first kappa shape index (κ1) is 13.7. The van der Waals surface area contributed by atoms with Crippen molar-refractivity contribution < 1.29 is 9.90 Å². The maximum atomic E-state index is 11.9. The lowest BCUT2D eigenvalue weighted by atomic mass is 10.2. The fourth-order valence-electron chi connectivity index (χ4n) is 1.47. The molecule has 1 aromatic rings. The molecule has 16 heavy (non-hydrogen) atoms. The topological polar surface area (TPSA) is 37.3 Å². The lowest BCUT2D eigenvalue weighted by Crippen LogP contribution is -2.07. The molecular weight excluding hydrogens is 240 g/mol. The molecule has 1 N–H and O–H groups in total. The number of Topliss-reactive ketones (excluding diaryl/α,β-unsaturated/α-hetero) is 1. The fourth-order valence-corrected chi connectivity index (χ4v) is 3.27. The zero-order valence-corrected chi connectivity index (χ0v) is 11.6. The summed E-state index contributed by atoms with van der Waals surface area (Å²) in [5, 5.41) is 9.11. The summed E-state index contributed by atoms with van der Waals surface area (Å²) in [4.78, 5) is 14.2. The molecule has 0 saturated carbocycles. The van der Waals surface area contributed by atoms with Crippen molar-refractivity contribution in [2.75, 3.05) is 12.4 Å². The van der Waals surface area contributed by atoms with Gasteiger partial charge in [0.05, 0.1) is 5.75 Å². The van der Waals surface area contributed by atoms with Gasteiger partial charge in [0.1, 0.15) is 0 Å². The molecule has 0 aromatic carbocycles. The number of rotatable bonds is 6. The van der Waals surface area contributed by atoms with E-state index in [1.54, 1.807) is 23.1 Å². The summed E-state index contributed by atoms with van der Waals surface area (Å²) in [6.07, 6.45) is 0.750. The lowest BCUT2D eigenvalue weighted by molar-refractivity contribution is 0.102. The molecule has 1 aromatic heterocycles. The number of thioether (sulfide) groups is 1. The number of carbonyl (C=O) groups is 1. The van der Waals surface area contributed by atoms with Gasteiger partial charge < -0.3 is 5.11 Å². The zero-order chi connectivity index (χ0) is 12.1. The molecule has 0 bridgehead atoms. The zero-order valence-electron chi connectivity index (χ0n) is 9.95. The van der Waals surface area contributed by atoms with Gasteiger partial charge in [-0.2, -0.15) is 11.8 Å². The Labute approximate surface area is 105 Å². The van der Waals surface area contributed by atoms with Crippen molar-refractivity contribution in [3.63, 3.8) is 0 Å². The molecule has 1 heterocycles. The van der Waals surface area contributed by atoms with Crippen molar-refractivity contribution in [3.05, 3.63) is 21.4 Å². The van der Waals surface area contributed by atoms with E-state index in [0.717, 1.165) is 16.9 Å². The van der Waals surface area contributed by atoms with E-state index >= 15 is 0 Å². The molecule has 0 saturated heterocycles. The highest BCUT2D eigenvalue weighted by molar-refractivity contribution is 8.00. The molecule has 2 nitrogen and oxygen atoms in total. The van der Waals surface area contributed by atoms with Crippen molar-refractivity contribution in [1.82, 2.24) is 0 Å². The molecule has 1 rings (SSSR count). The normalized spacial score (nSPS) is 12.8. The Morgan fingerprint density at radius 3 is 2.75 bits per heavy atom. The van der Waals surface area contributed by atoms with Gasteiger partial charge >= 0.3 is 0 Å². The number of carbonyl (C=O) groups excluding carboxylic acids is 1. The van der Waals surface area contributed by atoms with E-state index in [1.165, 1.54) is 4.88 Å². The monoisotopic (exact) mass is 258 g/mol. The third-order valence-electron chi connectivity index (χ3n) is 2.38. The number of aliphatic hydroxyl groups excluding tert-OH is 1. The third-order valence-corrected chi connectivity index (χ3v) is 4.58. The highest BCUT2D eigenvalue weighted by Crippen LogP contribution is 2.23. The summed E-state index contributed by atoms with van der Waals surface area (Å²) < 4.78 is 0. The van der Waals surface area contributed by atoms with Gasteiger partial charge in [-0.25, -0.2) is 0 Å². The number of ketones is 1. The molecule has 0 aliphatic rings. The van der Waals surface area contributed by atoms with E-state index < -0.39 is 0 Å². The molecule has 0 aliphatic heterocycles. The Morgan fingerprint density at radius 1 is 1.56 bits per heavy atom. The largest absolute Gasteiger partial charge is 0.396 e. The molecule has 1 unspecified atom stereocenters. The maximum Gasteiger partial charge on any atom is 0.173 e. The van der Waals surface area contributed by atoms with Crippen molar-refractivity contribution >= 4 is 28.9 Å². The SMILES string of the molecule is Cc1cc(C(=O)CSC(C)CCO)c(C)s1. The Bertz CT molecular complexity index is 358. The van der Waals surface area contributed by atoms with E-state index in [2.05, 4.69) is 0 Å². The minimum atomic E-state index is 0.193. The summed E-state index contributed by atoms with van der Waals surface area (Å²) in [6.45, 7) is 6.25. The number of thiophene rings is 1. The highest BCUT2D eigenvalue weighted by Gasteiger charge is 2.13. The van der Waals surface area contributed by atoms with Crippen LogP contribution in [0.3, 0.4) is 0 Å². The van der Waals surface area contributed by atoms with Crippen molar-refractivity contribution in [2.24, 2.45) is 0 Å². The van der Waals surface area contributed by atoms with E-state index in [-0.39, 0.29) is 12.4 Å². The summed E-state index contributed by atoms with van der Waals surface area (Å²) in [6, 6.07) is 1.97. The van der Waals surface area contributed by atoms with Crippen LogP contribution in [0.2, 0.25) is 0 Å². The minimum Gasteiger partial charge on any atom is -0.396 e. The van der Waals surface area contributed by atoms with Crippen LogP contribution in [0.1, 0.15) is 33.5 Å². The Hall–Kier alpha value is -0.320. The Balaban J connectivity index is 2.50. The Morgan fingerprint density at radius 2 is 2.25 bits per heavy atom. The van der Waals surface area contributed by atoms with Crippen LogP contribution in [0, 0.1) is 13.8 Å². The highest BCUT2D eigenvalue weighted by atomic mass is 32.2. The molecule has 0 aliphatic carbocycles. The van der Waals surface area contributed by atoms with Gasteiger partial charge in [0.2, 0.25) is 0 Å². The third kappa shape index (κ3) is 3.92. The van der Waals surface area contributed by atoms with Crippen molar-refractivity contribution in [3.8, 4) is 0 Å². The van der Waals surface area contributed by atoms with E-state index in [4.69, 9.17) is 5.11 Å². The Kier molecular flexibility index (Phi) is 5.52. The number of hydrogen-bond donors (Lipinski definition) is 1. The second kappa shape index (κ2) is 6.42. The number of aliphatic hydroxyl groups is 1. The van der Waals surface area contributed by atoms with Crippen LogP contribution in [0.5, 0.6) is 0 Å². The van der Waals surface area contributed by atoms with Crippen LogP contribution in [-0.4, -0.2) is 28.5 Å². The fraction of sp³-hybridized carbons (Fsp3) is 0.583. The molecular formula is C12H18O2S2. The summed E-state index contributed by atoms with van der Waals surface area (Å²) in [5.74, 6) is 0.717. The van der Waals surface area contributed by atoms with E-state index in [1.807, 2.05) is 26.8 Å². The lowest BCUT2D eigenvalue weighted by Gasteiger charge is -2.08. The molecule has 1 atom stereocenters. The predicted octanol–water partition coefficient (Wildman–Crippen LogP) is 3.05. The van der Waals surface area contributed by atoms with Gasteiger partial charge in [-0.3, -0.25) is 4.79 Å². The van der Waals surface area contributed by atoms with Gasteiger partial charge in [0, 0.05) is 27.2 Å². The van der Waals surface area contributed by atoms with E-state index in [9.17, 15) is 4.79 Å². The van der Waals surface area contributed by atoms with Gasteiger partial charge in [-0.15, -0.1) is 11.3 Å². The van der Waals surface area contributed by atoms with Gasteiger partial charge in [-0.05, 0) is 26.3 Å². The van der Waals surface area contributed by atoms with Crippen LogP contribution in [-0.2, 0) is 0 Å². The quantitative estimate of drug-likeness (QED) is 0.797. The van der Waals surface area contributed by atoms with Crippen LogP contribution < -0.4 is 0 Å². The molecule has 0 radical (unpaired) electrons. The van der Waals surface area contributed by atoms with Gasteiger partial charge in [0.25, 0.3) is 0 Å². The van der Waals surface area contributed by atoms with Crippen LogP contribution in [0.4, 0.5) is 0 Å². The number of hydrogen-bond acceptors (Lipinski definition) is 4. The van der Waals surface area contributed by atoms with Crippen LogP contribution >= 0.6 is 23.1 Å². The van der Waals surface area contributed by atoms with Crippen molar-refractivity contribution in [2.45, 2.75) is 32.4 Å². The molecule has 90 valence electrons. The average Bonchev–Trinajstić information content (AvgIpc) is 2.55.